The zero-order chi connectivity index (χ0) is 14.8. The van der Waals surface area contributed by atoms with E-state index in [-0.39, 0.29) is 0 Å². The van der Waals surface area contributed by atoms with E-state index in [2.05, 4.69) is 46.3 Å². The highest BCUT2D eigenvalue weighted by Crippen LogP contribution is 2.28. The zero-order valence-electron chi connectivity index (χ0n) is 12.5. The summed E-state index contributed by atoms with van der Waals surface area (Å²) in [6.07, 6.45) is 1.88. The predicted octanol–water partition coefficient (Wildman–Crippen LogP) is 3.98. The molecular formula is C18H18N2O. The first kappa shape index (κ1) is 13.4. The number of hydrogen-bond donors (Lipinski definition) is 0. The maximum atomic E-state index is 5.37. The van der Waals surface area contributed by atoms with E-state index in [9.17, 15) is 0 Å². The highest BCUT2D eigenvalue weighted by molar-refractivity contribution is 5.90. The quantitative estimate of drug-likeness (QED) is 0.724. The molecule has 0 amide bonds. The fourth-order valence-electron chi connectivity index (χ4n) is 2.41. The smallest absolute Gasteiger partial charge is 0.128 e. The average Bonchev–Trinajstić information content (AvgIpc) is 2.53. The van der Waals surface area contributed by atoms with Crippen molar-refractivity contribution in [2.75, 3.05) is 26.1 Å². The van der Waals surface area contributed by atoms with Crippen LogP contribution < -0.4 is 9.64 Å². The molecule has 3 heteroatoms. The molecule has 21 heavy (non-hydrogen) atoms. The molecule has 0 fully saturated rings. The van der Waals surface area contributed by atoms with Gasteiger partial charge >= 0.3 is 0 Å². The minimum absolute atomic E-state index is 0.856. The van der Waals surface area contributed by atoms with Gasteiger partial charge in [0.1, 0.15) is 5.75 Å². The molecule has 0 atom stereocenters. The number of rotatable bonds is 3. The van der Waals surface area contributed by atoms with Gasteiger partial charge in [-0.2, -0.15) is 0 Å². The first-order valence-electron chi connectivity index (χ1n) is 6.89. The SMILES string of the molecule is COc1cccc2cc(-c3ccc(N(C)C)cc3)ncc12. The summed E-state index contributed by atoms with van der Waals surface area (Å²) >= 11 is 0. The van der Waals surface area contributed by atoms with Gasteiger partial charge in [0.05, 0.1) is 12.8 Å². The summed E-state index contributed by atoms with van der Waals surface area (Å²) < 4.78 is 5.37. The number of anilines is 1. The van der Waals surface area contributed by atoms with Crippen LogP contribution in [0.15, 0.2) is 54.7 Å². The van der Waals surface area contributed by atoms with Crippen molar-refractivity contribution in [3.8, 4) is 17.0 Å². The normalized spacial score (nSPS) is 10.6. The van der Waals surface area contributed by atoms with Gasteiger partial charge in [0.2, 0.25) is 0 Å². The van der Waals surface area contributed by atoms with E-state index in [0.29, 0.717) is 0 Å². The summed E-state index contributed by atoms with van der Waals surface area (Å²) in [7, 11) is 5.76. The second-order valence-corrected chi connectivity index (χ2v) is 5.19. The predicted molar refractivity (Wildman–Crippen MR) is 88.1 cm³/mol. The molecule has 0 spiro atoms. The summed E-state index contributed by atoms with van der Waals surface area (Å²) in [5.74, 6) is 0.856. The summed E-state index contributed by atoms with van der Waals surface area (Å²) in [6, 6.07) is 16.5. The van der Waals surface area contributed by atoms with E-state index in [4.69, 9.17) is 4.74 Å². The van der Waals surface area contributed by atoms with Gasteiger partial charge in [0, 0.05) is 36.9 Å². The number of benzene rings is 2. The zero-order valence-corrected chi connectivity index (χ0v) is 12.5. The molecule has 106 valence electrons. The minimum atomic E-state index is 0.856. The number of pyridine rings is 1. The summed E-state index contributed by atoms with van der Waals surface area (Å²) in [5.41, 5.74) is 3.27. The number of aromatic nitrogens is 1. The van der Waals surface area contributed by atoms with Crippen molar-refractivity contribution in [3.63, 3.8) is 0 Å². The Morgan fingerprint density at radius 2 is 1.76 bits per heavy atom. The van der Waals surface area contributed by atoms with E-state index < -0.39 is 0 Å². The summed E-state index contributed by atoms with van der Waals surface area (Å²) in [4.78, 5) is 6.65. The molecule has 0 aliphatic heterocycles. The molecule has 0 saturated heterocycles. The third kappa shape index (κ3) is 2.55. The maximum Gasteiger partial charge on any atom is 0.128 e. The lowest BCUT2D eigenvalue weighted by Crippen LogP contribution is -2.07. The molecule has 0 radical (unpaired) electrons. The fourth-order valence-corrected chi connectivity index (χ4v) is 2.41. The summed E-state index contributed by atoms with van der Waals surface area (Å²) in [6.45, 7) is 0. The van der Waals surface area contributed by atoms with E-state index in [1.165, 1.54) is 5.69 Å². The van der Waals surface area contributed by atoms with Gasteiger partial charge in [0.15, 0.2) is 0 Å². The molecule has 0 saturated carbocycles. The molecule has 0 aliphatic carbocycles. The Labute approximate surface area is 124 Å². The number of methoxy groups -OCH3 is 1. The Kier molecular flexibility index (Phi) is 3.48. The van der Waals surface area contributed by atoms with E-state index in [1.54, 1.807) is 7.11 Å². The number of nitrogens with zero attached hydrogens (tertiary/aromatic N) is 2. The third-order valence-corrected chi connectivity index (χ3v) is 3.62. The van der Waals surface area contributed by atoms with Crippen molar-refractivity contribution >= 4 is 16.5 Å². The van der Waals surface area contributed by atoms with Gasteiger partial charge in [-0.15, -0.1) is 0 Å². The minimum Gasteiger partial charge on any atom is -0.496 e. The van der Waals surface area contributed by atoms with Crippen molar-refractivity contribution in [1.82, 2.24) is 4.98 Å². The van der Waals surface area contributed by atoms with E-state index >= 15 is 0 Å². The third-order valence-electron chi connectivity index (χ3n) is 3.62. The van der Waals surface area contributed by atoms with E-state index in [1.807, 2.05) is 32.4 Å². The Hall–Kier alpha value is -2.55. The molecule has 1 aromatic heterocycles. The molecule has 2 aromatic carbocycles. The molecule has 0 N–H and O–H groups in total. The lowest BCUT2D eigenvalue weighted by atomic mass is 10.1. The van der Waals surface area contributed by atoms with Crippen molar-refractivity contribution in [2.24, 2.45) is 0 Å². The topological polar surface area (TPSA) is 25.4 Å². The van der Waals surface area contributed by atoms with Gasteiger partial charge in [0.25, 0.3) is 0 Å². The van der Waals surface area contributed by atoms with Crippen molar-refractivity contribution in [1.29, 1.82) is 0 Å². The lowest BCUT2D eigenvalue weighted by Gasteiger charge is -2.12. The lowest BCUT2D eigenvalue weighted by molar-refractivity contribution is 0.419. The fraction of sp³-hybridized carbons (Fsp3) is 0.167. The number of ether oxygens (including phenoxy) is 1. The van der Waals surface area contributed by atoms with Gasteiger partial charge in [-0.05, 0) is 29.7 Å². The van der Waals surface area contributed by atoms with Crippen molar-refractivity contribution < 1.29 is 4.74 Å². The number of hydrogen-bond acceptors (Lipinski definition) is 3. The van der Waals surface area contributed by atoms with Crippen molar-refractivity contribution in [2.45, 2.75) is 0 Å². The molecule has 0 unspecified atom stereocenters. The molecule has 3 aromatic rings. The standard InChI is InChI=1S/C18H18N2O/c1-20(2)15-9-7-13(8-10-15)17-11-14-5-4-6-18(21-3)16(14)12-19-17/h4-12H,1-3H3. The molecule has 3 nitrogen and oxygen atoms in total. The molecule has 0 aliphatic rings. The van der Waals surface area contributed by atoms with E-state index in [0.717, 1.165) is 27.8 Å². The van der Waals surface area contributed by atoms with Crippen LogP contribution in [0.4, 0.5) is 5.69 Å². The largest absolute Gasteiger partial charge is 0.496 e. The van der Waals surface area contributed by atoms with Gasteiger partial charge in [-0.25, -0.2) is 0 Å². The molecular weight excluding hydrogens is 260 g/mol. The second-order valence-electron chi connectivity index (χ2n) is 5.19. The van der Waals surface area contributed by atoms with Crippen LogP contribution in [0.5, 0.6) is 5.75 Å². The average molecular weight is 278 g/mol. The van der Waals surface area contributed by atoms with Crippen LogP contribution in [-0.2, 0) is 0 Å². The summed E-state index contributed by atoms with van der Waals surface area (Å²) in [5, 5.41) is 2.17. The number of fused-ring (bicyclic) bond motifs is 1. The monoisotopic (exact) mass is 278 g/mol. The Balaban J connectivity index is 2.05. The first-order valence-corrected chi connectivity index (χ1v) is 6.89. The van der Waals surface area contributed by atoms with Gasteiger partial charge in [-0.1, -0.05) is 24.3 Å². The van der Waals surface area contributed by atoms with Crippen LogP contribution in [0.2, 0.25) is 0 Å². The van der Waals surface area contributed by atoms with Crippen LogP contribution in [0, 0.1) is 0 Å². The molecule has 1 heterocycles. The first-order chi connectivity index (χ1) is 10.2. The highest BCUT2D eigenvalue weighted by atomic mass is 16.5. The van der Waals surface area contributed by atoms with Gasteiger partial charge in [-0.3, -0.25) is 4.98 Å². The van der Waals surface area contributed by atoms with Crippen LogP contribution >= 0.6 is 0 Å². The van der Waals surface area contributed by atoms with Crippen LogP contribution in [0.25, 0.3) is 22.0 Å². The van der Waals surface area contributed by atoms with Crippen LogP contribution in [0.1, 0.15) is 0 Å². The Morgan fingerprint density at radius 1 is 1.00 bits per heavy atom. The molecule has 0 bridgehead atoms. The Bertz CT molecular complexity index is 764. The van der Waals surface area contributed by atoms with Gasteiger partial charge < -0.3 is 9.64 Å². The van der Waals surface area contributed by atoms with Crippen LogP contribution in [0.3, 0.4) is 0 Å². The highest BCUT2D eigenvalue weighted by Gasteiger charge is 2.05. The maximum absolute atomic E-state index is 5.37. The Morgan fingerprint density at radius 3 is 2.43 bits per heavy atom. The van der Waals surface area contributed by atoms with Crippen molar-refractivity contribution in [3.05, 3.63) is 54.7 Å². The second kappa shape index (κ2) is 5.44. The molecule has 3 rings (SSSR count). The van der Waals surface area contributed by atoms with Crippen LogP contribution in [-0.4, -0.2) is 26.2 Å².